The lowest BCUT2D eigenvalue weighted by Gasteiger charge is -2.13. The van der Waals surface area contributed by atoms with Gasteiger partial charge in [-0.1, -0.05) is 12.2 Å². The molecule has 2 heteroatoms. The first-order valence-corrected chi connectivity index (χ1v) is 3.27. The molecule has 0 aromatic heterocycles. The van der Waals surface area contributed by atoms with Crippen molar-refractivity contribution in [1.82, 2.24) is 0 Å². The molecule has 0 radical (unpaired) electrons. The molecule has 0 aromatic carbocycles. The summed E-state index contributed by atoms with van der Waals surface area (Å²) in [6.45, 7) is 0. The molecule has 2 unspecified atom stereocenters. The topological polar surface area (TPSA) is 0 Å². The van der Waals surface area contributed by atoms with Crippen LogP contribution >= 0.6 is 0 Å². The molecule has 0 heterocycles. The lowest BCUT2D eigenvalue weighted by molar-refractivity contribution is -0.0365. The van der Waals surface area contributed by atoms with Gasteiger partial charge in [0.25, 0.3) is 5.92 Å². The molecule has 0 N–H and O–H groups in total. The minimum absolute atomic E-state index is 0.428. The second-order valence-corrected chi connectivity index (χ2v) is 2.85. The lowest BCUT2D eigenvalue weighted by Crippen LogP contribution is -2.22. The first kappa shape index (κ1) is 5.39. The fraction of sp³-hybridized carbons (Fsp3) is 0.714. The molecule has 9 heavy (non-hydrogen) atoms. The van der Waals surface area contributed by atoms with E-state index in [4.69, 9.17) is 0 Å². The highest BCUT2D eigenvalue weighted by Gasteiger charge is 2.52. The zero-order valence-electron chi connectivity index (χ0n) is 4.98. The van der Waals surface area contributed by atoms with Gasteiger partial charge in [-0.3, -0.25) is 0 Å². The Hall–Kier alpha value is -0.400. The maximum atomic E-state index is 12.7. The number of fused-ring (bicyclic) bond motifs is 2. The standard InChI is InChI=1S/C7H8F2/c8-7(9)5-1-2-6(7)4-3-5/h1-2,5-6H,3-4H2. The zero-order valence-corrected chi connectivity index (χ0v) is 4.98. The van der Waals surface area contributed by atoms with Crippen LogP contribution in [-0.4, -0.2) is 5.92 Å². The number of hydrogen-bond acceptors (Lipinski definition) is 0. The summed E-state index contributed by atoms with van der Waals surface area (Å²) < 4.78 is 25.5. The third kappa shape index (κ3) is 0.511. The summed E-state index contributed by atoms with van der Waals surface area (Å²) in [5.74, 6) is -3.25. The first-order chi connectivity index (χ1) is 4.21. The first-order valence-electron chi connectivity index (χ1n) is 3.27. The van der Waals surface area contributed by atoms with Crippen molar-refractivity contribution in [3.05, 3.63) is 12.2 Å². The fourth-order valence-corrected chi connectivity index (χ4v) is 1.74. The monoisotopic (exact) mass is 130 g/mol. The van der Waals surface area contributed by atoms with E-state index < -0.39 is 17.8 Å². The van der Waals surface area contributed by atoms with Gasteiger partial charge in [0.2, 0.25) is 0 Å². The third-order valence-electron chi connectivity index (χ3n) is 2.35. The van der Waals surface area contributed by atoms with Crippen molar-refractivity contribution < 1.29 is 8.78 Å². The summed E-state index contributed by atoms with van der Waals surface area (Å²) >= 11 is 0. The normalized spacial score (nSPS) is 44.2. The summed E-state index contributed by atoms with van der Waals surface area (Å²) in [5.41, 5.74) is 0. The van der Waals surface area contributed by atoms with Crippen LogP contribution in [-0.2, 0) is 0 Å². The Bertz CT molecular complexity index is 144. The number of hydrogen-bond donors (Lipinski definition) is 0. The smallest absolute Gasteiger partial charge is 0.206 e. The second kappa shape index (κ2) is 1.36. The van der Waals surface area contributed by atoms with Gasteiger partial charge >= 0.3 is 0 Å². The van der Waals surface area contributed by atoms with Crippen molar-refractivity contribution in [2.75, 3.05) is 0 Å². The van der Waals surface area contributed by atoms with Gasteiger partial charge in [-0.25, -0.2) is 8.78 Å². The molecule has 50 valence electrons. The van der Waals surface area contributed by atoms with Crippen LogP contribution in [0.25, 0.3) is 0 Å². The predicted octanol–water partition coefficient (Wildman–Crippen LogP) is 2.22. The lowest BCUT2D eigenvalue weighted by atomic mass is 10.1. The van der Waals surface area contributed by atoms with Crippen LogP contribution in [0.2, 0.25) is 0 Å². The van der Waals surface area contributed by atoms with Gasteiger partial charge in [-0.2, -0.15) is 0 Å². The van der Waals surface area contributed by atoms with Crippen LogP contribution in [0.1, 0.15) is 12.8 Å². The minimum Gasteiger partial charge on any atom is -0.206 e. The van der Waals surface area contributed by atoms with E-state index in [1.807, 2.05) is 0 Å². The molecule has 2 bridgehead atoms. The summed E-state index contributed by atoms with van der Waals surface area (Å²) in [7, 11) is 0. The Morgan fingerprint density at radius 1 is 1.11 bits per heavy atom. The molecule has 2 aliphatic rings. The Labute approximate surface area is 52.6 Å². The van der Waals surface area contributed by atoms with E-state index in [0.29, 0.717) is 12.8 Å². The second-order valence-electron chi connectivity index (χ2n) is 2.85. The van der Waals surface area contributed by atoms with E-state index in [1.54, 1.807) is 12.2 Å². The summed E-state index contributed by atoms with van der Waals surface area (Å²) in [6.07, 6.45) is 4.70. The Morgan fingerprint density at radius 2 is 1.56 bits per heavy atom. The van der Waals surface area contributed by atoms with Crippen molar-refractivity contribution in [2.45, 2.75) is 18.8 Å². The summed E-state index contributed by atoms with van der Waals surface area (Å²) in [6, 6.07) is 0. The summed E-state index contributed by atoms with van der Waals surface area (Å²) in [5, 5.41) is 0. The highest BCUT2D eigenvalue weighted by atomic mass is 19.3. The Kier molecular flexibility index (Phi) is 0.815. The van der Waals surface area contributed by atoms with Gasteiger partial charge in [-0.05, 0) is 12.8 Å². The van der Waals surface area contributed by atoms with Gasteiger partial charge in [-0.15, -0.1) is 0 Å². The van der Waals surface area contributed by atoms with Crippen LogP contribution in [0, 0.1) is 11.8 Å². The molecule has 0 nitrogen and oxygen atoms in total. The molecule has 0 amide bonds. The van der Waals surface area contributed by atoms with Gasteiger partial charge in [0.1, 0.15) is 0 Å². The molecule has 0 aliphatic heterocycles. The van der Waals surface area contributed by atoms with Crippen molar-refractivity contribution >= 4 is 0 Å². The van der Waals surface area contributed by atoms with E-state index in [2.05, 4.69) is 0 Å². The predicted molar refractivity (Wildman–Crippen MR) is 30.3 cm³/mol. The molecular weight excluding hydrogens is 122 g/mol. The van der Waals surface area contributed by atoms with Crippen LogP contribution in [0.15, 0.2) is 12.2 Å². The van der Waals surface area contributed by atoms with Crippen molar-refractivity contribution in [1.29, 1.82) is 0 Å². The van der Waals surface area contributed by atoms with Crippen LogP contribution in [0.4, 0.5) is 8.78 Å². The molecule has 1 fully saturated rings. The molecule has 0 saturated heterocycles. The van der Waals surface area contributed by atoms with E-state index >= 15 is 0 Å². The average molecular weight is 130 g/mol. The highest BCUT2D eigenvalue weighted by molar-refractivity contribution is 5.16. The summed E-state index contributed by atoms with van der Waals surface area (Å²) in [4.78, 5) is 0. The maximum Gasteiger partial charge on any atom is 0.260 e. The maximum absolute atomic E-state index is 12.7. The quantitative estimate of drug-likeness (QED) is 0.441. The number of allylic oxidation sites excluding steroid dienone is 2. The highest BCUT2D eigenvalue weighted by Crippen LogP contribution is 2.50. The third-order valence-corrected chi connectivity index (χ3v) is 2.35. The van der Waals surface area contributed by atoms with E-state index in [1.165, 1.54) is 0 Å². The fourth-order valence-electron chi connectivity index (χ4n) is 1.74. The molecule has 2 rings (SSSR count). The van der Waals surface area contributed by atoms with E-state index in [9.17, 15) is 8.78 Å². The molecule has 0 aromatic rings. The Balaban J connectivity index is 2.35. The molecular formula is C7H8F2. The van der Waals surface area contributed by atoms with Crippen molar-refractivity contribution in [3.63, 3.8) is 0 Å². The van der Waals surface area contributed by atoms with Crippen molar-refractivity contribution in [3.8, 4) is 0 Å². The van der Waals surface area contributed by atoms with E-state index in [0.717, 1.165) is 0 Å². The SMILES string of the molecule is FC1(F)C2C=CC1CC2. The number of rotatable bonds is 0. The molecule has 0 spiro atoms. The molecule has 2 aliphatic carbocycles. The largest absolute Gasteiger partial charge is 0.260 e. The van der Waals surface area contributed by atoms with Crippen LogP contribution in [0.3, 0.4) is 0 Å². The minimum atomic E-state index is -2.39. The van der Waals surface area contributed by atoms with Gasteiger partial charge in [0.15, 0.2) is 0 Å². The van der Waals surface area contributed by atoms with Gasteiger partial charge < -0.3 is 0 Å². The van der Waals surface area contributed by atoms with Gasteiger partial charge in [0, 0.05) is 11.8 Å². The Morgan fingerprint density at radius 3 is 1.67 bits per heavy atom. The van der Waals surface area contributed by atoms with E-state index in [-0.39, 0.29) is 0 Å². The van der Waals surface area contributed by atoms with Crippen LogP contribution in [0.5, 0.6) is 0 Å². The average Bonchev–Trinajstić information content (AvgIpc) is 2.24. The number of halogens is 2. The zero-order chi connectivity index (χ0) is 6.48. The molecule has 2 atom stereocenters. The van der Waals surface area contributed by atoms with Gasteiger partial charge in [0.05, 0.1) is 0 Å². The van der Waals surface area contributed by atoms with Crippen molar-refractivity contribution in [2.24, 2.45) is 11.8 Å². The number of alkyl halides is 2. The van der Waals surface area contributed by atoms with Crippen LogP contribution < -0.4 is 0 Å². The molecule has 1 saturated carbocycles.